The molecule has 100 valence electrons. The number of nitrogen functional groups attached to an aromatic ring is 1. The molecule has 0 aromatic heterocycles. The van der Waals surface area contributed by atoms with Crippen LogP contribution in [-0.4, -0.2) is 34.9 Å². The number of benzene rings is 1. The van der Waals surface area contributed by atoms with Gasteiger partial charge in [-0.1, -0.05) is 6.92 Å². The molecule has 0 saturated carbocycles. The average Bonchev–Trinajstić information content (AvgIpc) is 2.36. The number of aliphatic hydroxyl groups excluding tert-OH is 2. The van der Waals surface area contributed by atoms with E-state index in [-0.39, 0.29) is 18.8 Å². The number of carbonyl (C=O) groups is 1. The molecular formula is C12H19N3O3. The number of anilines is 2. The molecule has 1 aromatic rings. The zero-order valence-corrected chi connectivity index (χ0v) is 10.3. The fourth-order valence-electron chi connectivity index (χ4n) is 1.61. The first-order chi connectivity index (χ1) is 8.48. The molecule has 7 N–H and O–H groups in total. The minimum absolute atomic E-state index is 0.268. The smallest absolute Gasteiger partial charge is 0.250 e. The summed E-state index contributed by atoms with van der Waals surface area (Å²) in [7, 11) is 0. The van der Waals surface area contributed by atoms with Crippen LogP contribution in [0.25, 0.3) is 0 Å². The fraction of sp³-hybridized carbons (Fsp3) is 0.417. The molecule has 0 aliphatic heterocycles. The van der Waals surface area contributed by atoms with Gasteiger partial charge in [-0.15, -0.1) is 0 Å². The van der Waals surface area contributed by atoms with Crippen LogP contribution in [0.15, 0.2) is 18.2 Å². The van der Waals surface area contributed by atoms with Crippen molar-refractivity contribution in [1.82, 2.24) is 0 Å². The van der Waals surface area contributed by atoms with E-state index in [2.05, 4.69) is 5.32 Å². The normalized spacial score (nSPS) is 11.3. The van der Waals surface area contributed by atoms with Crippen molar-refractivity contribution in [3.63, 3.8) is 0 Å². The lowest BCUT2D eigenvalue weighted by atomic mass is 9.97. The number of rotatable bonds is 6. The van der Waals surface area contributed by atoms with Crippen LogP contribution in [0, 0.1) is 0 Å². The Hall–Kier alpha value is -1.79. The molecule has 1 aromatic carbocycles. The summed E-state index contributed by atoms with van der Waals surface area (Å²) >= 11 is 0. The molecule has 0 unspecified atom stereocenters. The molecule has 18 heavy (non-hydrogen) atoms. The van der Waals surface area contributed by atoms with Gasteiger partial charge in [0, 0.05) is 11.4 Å². The van der Waals surface area contributed by atoms with Crippen molar-refractivity contribution in [3.05, 3.63) is 23.8 Å². The van der Waals surface area contributed by atoms with Crippen molar-refractivity contribution in [2.45, 2.75) is 18.9 Å². The van der Waals surface area contributed by atoms with E-state index in [1.807, 2.05) is 6.92 Å². The van der Waals surface area contributed by atoms with Crippen LogP contribution in [0.1, 0.15) is 23.7 Å². The van der Waals surface area contributed by atoms with Crippen LogP contribution in [0.4, 0.5) is 11.4 Å². The van der Waals surface area contributed by atoms with E-state index in [0.29, 0.717) is 17.8 Å². The topological polar surface area (TPSA) is 122 Å². The SMILES string of the molecule is CCC(CO)(CO)Nc1cc(N)ccc1C(N)=O. The Morgan fingerprint density at radius 2 is 2.00 bits per heavy atom. The van der Waals surface area contributed by atoms with E-state index >= 15 is 0 Å². The highest BCUT2D eigenvalue weighted by Gasteiger charge is 2.27. The molecule has 0 aliphatic rings. The molecule has 0 spiro atoms. The van der Waals surface area contributed by atoms with Gasteiger partial charge in [0.25, 0.3) is 5.91 Å². The lowest BCUT2D eigenvalue weighted by Gasteiger charge is -2.31. The van der Waals surface area contributed by atoms with Gasteiger partial charge in [0.2, 0.25) is 0 Å². The quantitative estimate of drug-likeness (QED) is 0.454. The minimum Gasteiger partial charge on any atom is -0.399 e. The maximum absolute atomic E-state index is 11.3. The van der Waals surface area contributed by atoms with Gasteiger partial charge >= 0.3 is 0 Å². The predicted molar refractivity (Wildman–Crippen MR) is 70.2 cm³/mol. The summed E-state index contributed by atoms with van der Waals surface area (Å²) in [4.78, 5) is 11.3. The van der Waals surface area contributed by atoms with Gasteiger partial charge in [0.05, 0.1) is 24.3 Å². The Balaban J connectivity index is 3.16. The average molecular weight is 253 g/mol. The van der Waals surface area contributed by atoms with Gasteiger partial charge in [-0.05, 0) is 24.6 Å². The third-order valence-corrected chi connectivity index (χ3v) is 2.99. The van der Waals surface area contributed by atoms with E-state index in [9.17, 15) is 15.0 Å². The van der Waals surface area contributed by atoms with E-state index in [1.165, 1.54) is 6.07 Å². The molecule has 0 bridgehead atoms. The van der Waals surface area contributed by atoms with Crippen LogP contribution in [0.2, 0.25) is 0 Å². The third-order valence-electron chi connectivity index (χ3n) is 2.99. The maximum atomic E-state index is 11.3. The monoisotopic (exact) mass is 253 g/mol. The van der Waals surface area contributed by atoms with Crippen LogP contribution in [-0.2, 0) is 0 Å². The van der Waals surface area contributed by atoms with Gasteiger partial charge in [-0.2, -0.15) is 0 Å². The zero-order valence-electron chi connectivity index (χ0n) is 10.3. The number of nitrogens with two attached hydrogens (primary N) is 2. The summed E-state index contributed by atoms with van der Waals surface area (Å²) in [6.45, 7) is 1.27. The molecule has 1 rings (SSSR count). The van der Waals surface area contributed by atoms with E-state index in [0.717, 1.165) is 0 Å². The number of carbonyl (C=O) groups excluding carboxylic acids is 1. The van der Waals surface area contributed by atoms with Crippen molar-refractivity contribution >= 4 is 17.3 Å². The highest BCUT2D eigenvalue weighted by Crippen LogP contribution is 2.24. The maximum Gasteiger partial charge on any atom is 0.250 e. The molecule has 0 radical (unpaired) electrons. The number of hydrogen-bond donors (Lipinski definition) is 5. The Labute approximate surface area is 106 Å². The molecule has 6 heteroatoms. The van der Waals surface area contributed by atoms with E-state index < -0.39 is 11.4 Å². The van der Waals surface area contributed by atoms with Gasteiger partial charge in [-0.3, -0.25) is 4.79 Å². The van der Waals surface area contributed by atoms with Crippen molar-refractivity contribution in [3.8, 4) is 0 Å². The summed E-state index contributed by atoms with van der Waals surface area (Å²) in [6, 6.07) is 4.63. The molecule has 0 aliphatic carbocycles. The lowest BCUT2D eigenvalue weighted by molar-refractivity contribution is 0.0999. The number of amides is 1. The first-order valence-electron chi connectivity index (χ1n) is 5.67. The number of primary amides is 1. The molecule has 0 heterocycles. The third kappa shape index (κ3) is 2.91. The number of hydrogen-bond acceptors (Lipinski definition) is 5. The lowest BCUT2D eigenvalue weighted by Crippen LogP contribution is -2.45. The van der Waals surface area contributed by atoms with Crippen molar-refractivity contribution < 1.29 is 15.0 Å². The van der Waals surface area contributed by atoms with Crippen LogP contribution in [0.5, 0.6) is 0 Å². The summed E-state index contributed by atoms with van der Waals surface area (Å²) in [5.74, 6) is -0.599. The summed E-state index contributed by atoms with van der Waals surface area (Å²) < 4.78 is 0. The van der Waals surface area contributed by atoms with Crippen LogP contribution < -0.4 is 16.8 Å². The van der Waals surface area contributed by atoms with Gasteiger partial charge in [0.15, 0.2) is 0 Å². The largest absolute Gasteiger partial charge is 0.399 e. The van der Waals surface area contributed by atoms with E-state index in [4.69, 9.17) is 11.5 Å². The second-order valence-corrected chi connectivity index (χ2v) is 4.24. The Morgan fingerprint density at radius 1 is 1.39 bits per heavy atom. The number of nitrogens with one attached hydrogen (secondary N) is 1. The van der Waals surface area contributed by atoms with Crippen molar-refractivity contribution in [1.29, 1.82) is 0 Å². The molecular weight excluding hydrogens is 234 g/mol. The van der Waals surface area contributed by atoms with Gasteiger partial charge < -0.3 is 27.0 Å². The second kappa shape index (κ2) is 5.70. The zero-order chi connectivity index (χ0) is 13.8. The van der Waals surface area contributed by atoms with Crippen LogP contribution in [0.3, 0.4) is 0 Å². The highest BCUT2D eigenvalue weighted by atomic mass is 16.3. The molecule has 1 amide bonds. The first kappa shape index (κ1) is 14.3. The first-order valence-corrected chi connectivity index (χ1v) is 5.67. The summed E-state index contributed by atoms with van der Waals surface area (Å²) in [6.07, 6.45) is 0.479. The Bertz CT molecular complexity index is 422. The Morgan fingerprint density at radius 3 is 2.44 bits per heavy atom. The molecule has 6 nitrogen and oxygen atoms in total. The summed E-state index contributed by atoms with van der Waals surface area (Å²) in [5, 5.41) is 21.7. The van der Waals surface area contributed by atoms with Crippen LogP contribution >= 0.6 is 0 Å². The van der Waals surface area contributed by atoms with Crippen molar-refractivity contribution in [2.75, 3.05) is 24.3 Å². The molecule has 0 atom stereocenters. The fourth-order valence-corrected chi connectivity index (χ4v) is 1.61. The summed E-state index contributed by atoms with van der Waals surface area (Å²) in [5.41, 5.74) is 11.2. The molecule has 0 saturated heterocycles. The standard InChI is InChI=1S/C12H19N3O3/c1-2-12(6-16,7-17)15-10-5-8(13)3-4-9(10)11(14)18/h3-5,15-17H,2,6-7,13H2,1H3,(H2,14,18). The number of aliphatic hydroxyl groups is 2. The van der Waals surface area contributed by atoms with Gasteiger partial charge in [0.1, 0.15) is 0 Å². The molecule has 0 fully saturated rings. The van der Waals surface area contributed by atoms with Crippen molar-refractivity contribution in [2.24, 2.45) is 5.73 Å². The predicted octanol–water partition coefficient (Wildman–Crippen LogP) is -0.0870. The van der Waals surface area contributed by atoms with E-state index in [1.54, 1.807) is 12.1 Å². The second-order valence-electron chi connectivity index (χ2n) is 4.24. The minimum atomic E-state index is -0.905. The van der Waals surface area contributed by atoms with Gasteiger partial charge in [-0.25, -0.2) is 0 Å². The Kier molecular flexibility index (Phi) is 4.52. The highest BCUT2D eigenvalue weighted by molar-refractivity contribution is 5.99.